The van der Waals surface area contributed by atoms with Crippen molar-refractivity contribution in [3.8, 4) is 5.69 Å². The highest BCUT2D eigenvalue weighted by molar-refractivity contribution is 7.09. The summed E-state index contributed by atoms with van der Waals surface area (Å²) in [5.74, 6) is 0.967. The van der Waals surface area contributed by atoms with Crippen LogP contribution in [-0.4, -0.2) is 45.5 Å². The van der Waals surface area contributed by atoms with Crippen molar-refractivity contribution in [3.05, 3.63) is 63.1 Å². The number of hydrogen-bond acceptors (Lipinski definition) is 6. The summed E-state index contributed by atoms with van der Waals surface area (Å²) < 4.78 is 1.93. The van der Waals surface area contributed by atoms with Crippen molar-refractivity contribution in [3.63, 3.8) is 0 Å². The van der Waals surface area contributed by atoms with Crippen molar-refractivity contribution in [1.82, 2.24) is 25.3 Å². The number of amides is 1. The van der Waals surface area contributed by atoms with E-state index >= 15 is 0 Å². The third kappa shape index (κ3) is 4.52. The normalized spacial score (nSPS) is 14.6. The molecular weight excluding hydrogens is 468 g/mol. The summed E-state index contributed by atoms with van der Waals surface area (Å²) in [6.45, 7) is 6.21. The van der Waals surface area contributed by atoms with Gasteiger partial charge < -0.3 is 10.2 Å². The van der Waals surface area contributed by atoms with Crippen molar-refractivity contribution in [1.29, 1.82) is 0 Å². The maximum Gasteiger partial charge on any atom is 0.223 e. The van der Waals surface area contributed by atoms with Crippen LogP contribution in [0.4, 0.5) is 5.82 Å². The smallest absolute Gasteiger partial charge is 0.223 e. The Balaban J connectivity index is 1.30. The third-order valence-corrected chi connectivity index (χ3v) is 7.66. The number of carbonyl (C=O) groups is 1. The Kier molecular flexibility index (Phi) is 6.52. The molecule has 7 nitrogen and oxygen atoms in total. The monoisotopic (exact) mass is 494 g/mol. The van der Waals surface area contributed by atoms with Crippen LogP contribution < -0.4 is 10.2 Å². The number of halogens is 1. The van der Waals surface area contributed by atoms with E-state index < -0.39 is 0 Å². The largest absolute Gasteiger partial charge is 0.355 e. The second-order valence-corrected chi connectivity index (χ2v) is 10.2. The van der Waals surface area contributed by atoms with Gasteiger partial charge in [-0.15, -0.1) is 16.4 Å². The molecule has 1 amide bonds. The van der Waals surface area contributed by atoms with Crippen molar-refractivity contribution >= 4 is 45.6 Å². The van der Waals surface area contributed by atoms with Crippen LogP contribution in [0.2, 0.25) is 5.02 Å². The van der Waals surface area contributed by atoms with E-state index in [1.54, 1.807) is 11.3 Å². The standard InChI is InChI=1S/C25H27ClN6OS/c1-16-22-17(2)32(20-7-5-19(26)6-8-20)30-23(22)24(29-28-16)31-13-10-18(11-14-31)25(33)27-12-9-21-4-3-15-34-21/h3-8,15,18H,9-14H2,1-2H3,(H,27,33). The lowest BCUT2D eigenvalue weighted by Crippen LogP contribution is -2.41. The van der Waals surface area contributed by atoms with Gasteiger partial charge in [-0.3, -0.25) is 4.79 Å². The van der Waals surface area contributed by atoms with Gasteiger partial charge in [0.2, 0.25) is 5.91 Å². The van der Waals surface area contributed by atoms with Crippen LogP contribution in [0, 0.1) is 19.8 Å². The fourth-order valence-electron chi connectivity index (χ4n) is 4.62. The summed E-state index contributed by atoms with van der Waals surface area (Å²) in [5, 5.41) is 20.8. The summed E-state index contributed by atoms with van der Waals surface area (Å²) in [5.41, 5.74) is 3.67. The van der Waals surface area contributed by atoms with Gasteiger partial charge in [-0.2, -0.15) is 10.2 Å². The Labute approximate surface area is 207 Å². The summed E-state index contributed by atoms with van der Waals surface area (Å²) in [7, 11) is 0. The fraction of sp³-hybridized carbons (Fsp3) is 0.360. The number of fused-ring (bicyclic) bond motifs is 1. The number of nitrogens with zero attached hydrogens (tertiary/aromatic N) is 5. The van der Waals surface area contributed by atoms with Crippen molar-refractivity contribution in [2.45, 2.75) is 33.1 Å². The highest BCUT2D eigenvalue weighted by atomic mass is 35.5. The molecule has 1 aromatic carbocycles. The third-order valence-electron chi connectivity index (χ3n) is 6.47. The highest BCUT2D eigenvalue weighted by Gasteiger charge is 2.28. The number of aryl methyl sites for hydroxylation is 2. The molecular formula is C25H27ClN6OS. The number of rotatable bonds is 6. The first kappa shape index (κ1) is 22.8. The van der Waals surface area contributed by atoms with Gasteiger partial charge >= 0.3 is 0 Å². The van der Waals surface area contributed by atoms with Crippen LogP contribution in [0.15, 0.2) is 41.8 Å². The fourth-order valence-corrected chi connectivity index (χ4v) is 5.45. The first-order valence-electron chi connectivity index (χ1n) is 11.5. The van der Waals surface area contributed by atoms with Crippen LogP contribution in [-0.2, 0) is 11.2 Å². The van der Waals surface area contributed by atoms with Crippen LogP contribution in [0.5, 0.6) is 0 Å². The zero-order valence-corrected chi connectivity index (χ0v) is 20.9. The Hall–Kier alpha value is -2.97. The lowest BCUT2D eigenvalue weighted by molar-refractivity contribution is -0.125. The minimum Gasteiger partial charge on any atom is -0.355 e. The summed E-state index contributed by atoms with van der Waals surface area (Å²) in [6, 6.07) is 11.8. The number of thiophene rings is 1. The summed E-state index contributed by atoms with van der Waals surface area (Å²) >= 11 is 7.80. The second-order valence-electron chi connectivity index (χ2n) is 8.69. The van der Waals surface area contributed by atoms with Gasteiger partial charge in [0.05, 0.1) is 22.5 Å². The van der Waals surface area contributed by atoms with Crippen molar-refractivity contribution in [2.75, 3.05) is 24.5 Å². The molecule has 5 rings (SSSR count). The van der Waals surface area contributed by atoms with Crippen molar-refractivity contribution in [2.24, 2.45) is 5.92 Å². The lowest BCUT2D eigenvalue weighted by atomic mass is 9.95. The zero-order chi connectivity index (χ0) is 23.7. The molecule has 0 radical (unpaired) electrons. The molecule has 3 aromatic heterocycles. The van der Waals surface area contributed by atoms with Crippen LogP contribution in [0.1, 0.15) is 29.1 Å². The van der Waals surface area contributed by atoms with Crippen LogP contribution in [0.3, 0.4) is 0 Å². The Morgan fingerprint density at radius 1 is 1.15 bits per heavy atom. The van der Waals surface area contributed by atoms with E-state index in [9.17, 15) is 4.79 Å². The van der Waals surface area contributed by atoms with Crippen LogP contribution >= 0.6 is 22.9 Å². The summed E-state index contributed by atoms with van der Waals surface area (Å²) in [4.78, 5) is 16.2. The van der Waals surface area contributed by atoms with Gasteiger partial charge in [0, 0.05) is 35.5 Å². The molecule has 4 heterocycles. The lowest BCUT2D eigenvalue weighted by Gasteiger charge is -2.32. The molecule has 0 saturated carbocycles. The SMILES string of the molecule is Cc1nnc(N2CCC(C(=O)NCCc3cccs3)CC2)c2nn(-c3ccc(Cl)cc3)c(C)c12. The number of anilines is 1. The molecule has 0 atom stereocenters. The quantitative estimate of drug-likeness (QED) is 0.419. The molecule has 176 valence electrons. The minimum atomic E-state index is 0.0295. The Bertz CT molecular complexity index is 1290. The van der Waals surface area contributed by atoms with E-state index in [-0.39, 0.29) is 11.8 Å². The number of piperidine rings is 1. The molecule has 34 heavy (non-hydrogen) atoms. The first-order valence-corrected chi connectivity index (χ1v) is 12.8. The maximum atomic E-state index is 12.7. The minimum absolute atomic E-state index is 0.0295. The Morgan fingerprint density at radius 3 is 2.62 bits per heavy atom. The highest BCUT2D eigenvalue weighted by Crippen LogP contribution is 2.31. The predicted molar refractivity (Wildman–Crippen MR) is 137 cm³/mol. The van der Waals surface area contributed by atoms with E-state index in [2.05, 4.69) is 38.8 Å². The van der Waals surface area contributed by atoms with Gasteiger partial charge in [-0.25, -0.2) is 4.68 Å². The number of nitrogens with one attached hydrogen (secondary N) is 1. The van der Waals surface area contributed by atoms with E-state index in [1.165, 1.54) is 4.88 Å². The number of aromatic nitrogens is 4. The topological polar surface area (TPSA) is 75.9 Å². The van der Waals surface area contributed by atoms with Gasteiger partial charge in [0.1, 0.15) is 5.52 Å². The first-order chi connectivity index (χ1) is 16.5. The molecule has 0 aliphatic carbocycles. The molecule has 1 aliphatic rings. The van der Waals surface area contributed by atoms with E-state index in [0.29, 0.717) is 11.6 Å². The number of carbonyl (C=O) groups excluding carboxylic acids is 1. The molecule has 1 N–H and O–H groups in total. The van der Waals surface area contributed by atoms with Crippen molar-refractivity contribution < 1.29 is 4.79 Å². The molecule has 4 aromatic rings. The van der Waals surface area contributed by atoms with E-state index in [0.717, 1.165) is 66.1 Å². The average Bonchev–Trinajstić information content (AvgIpc) is 3.48. The van der Waals surface area contributed by atoms with Crippen LogP contribution in [0.25, 0.3) is 16.6 Å². The van der Waals surface area contributed by atoms with E-state index in [1.807, 2.05) is 41.9 Å². The number of benzene rings is 1. The molecule has 1 aliphatic heterocycles. The predicted octanol–water partition coefficient (Wildman–Crippen LogP) is 4.72. The molecule has 9 heteroatoms. The maximum absolute atomic E-state index is 12.7. The average molecular weight is 495 g/mol. The van der Waals surface area contributed by atoms with Gasteiger partial charge in [0.15, 0.2) is 5.82 Å². The number of hydrogen-bond donors (Lipinski definition) is 1. The van der Waals surface area contributed by atoms with Gasteiger partial charge in [-0.05, 0) is 68.8 Å². The molecule has 1 saturated heterocycles. The summed E-state index contributed by atoms with van der Waals surface area (Å²) in [6.07, 6.45) is 2.46. The van der Waals surface area contributed by atoms with Gasteiger partial charge in [0.25, 0.3) is 0 Å². The molecule has 0 bridgehead atoms. The molecule has 0 spiro atoms. The second kappa shape index (κ2) is 9.72. The van der Waals surface area contributed by atoms with E-state index in [4.69, 9.17) is 16.7 Å². The Morgan fingerprint density at radius 2 is 1.91 bits per heavy atom. The molecule has 0 unspecified atom stereocenters. The zero-order valence-electron chi connectivity index (χ0n) is 19.3. The van der Waals surface area contributed by atoms with Gasteiger partial charge in [-0.1, -0.05) is 17.7 Å². The molecule has 1 fully saturated rings.